The van der Waals surface area contributed by atoms with E-state index in [1.54, 1.807) is 6.07 Å². The lowest BCUT2D eigenvalue weighted by Crippen LogP contribution is -2.36. The summed E-state index contributed by atoms with van der Waals surface area (Å²) in [6.07, 6.45) is 1.38. The van der Waals surface area contributed by atoms with Crippen molar-refractivity contribution in [3.8, 4) is 0 Å². The third-order valence-electron chi connectivity index (χ3n) is 3.01. The zero-order valence-electron chi connectivity index (χ0n) is 8.82. The molecule has 1 aromatic rings. The minimum absolute atomic E-state index is 0.0753. The van der Waals surface area contributed by atoms with Gasteiger partial charge in [-0.15, -0.1) is 0 Å². The van der Waals surface area contributed by atoms with Crippen molar-refractivity contribution in [3.05, 3.63) is 35.6 Å². The van der Waals surface area contributed by atoms with E-state index in [9.17, 15) is 9.18 Å². The van der Waals surface area contributed by atoms with Crippen LogP contribution in [0.4, 0.5) is 4.39 Å². The fourth-order valence-electron chi connectivity index (χ4n) is 2.08. The molecule has 0 amide bonds. The topological polar surface area (TPSA) is 49.3 Å². The molecule has 0 radical (unpaired) electrons. The number of aliphatic carboxylic acids is 1. The number of hydrogen-bond donors (Lipinski definition) is 2. The maximum atomic E-state index is 13.0. The van der Waals surface area contributed by atoms with Crippen LogP contribution in [0.25, 0.3) is 0 Å². The van der Waals surface area contributed by atoms with Crippen molar-refractivity contribution in [2.24, 2.45) is 5.92 Å². The van der Waals surface area contributed by atoms with E-state index in [0.29, 0.717) is 13.0 Å². The zero-order chi connectivity index (χ0) is 11.5. The van der Waals surface area contributed by atoms with Gasteiger partial charge in [0.05, 0.1) is 5.92 Å². The molecule has 1 aromatic carbocycles. The van der Waals surface area contributed by atoms with Gasteiger partial charge < -0.3 is 10.4 Å². The maximum Gasteiger partial charge on any atom is 0.307 e. The molecule has 2 atom stereocenters. The van der Waals surface area contributed by atoms with E-state index in [-0.39, 0.29) is 17.8 Å². The fourth-order valence-corrected chi connectivity index (χ4v) is 2.08. The Labute approximate surface area is 93.3 Å². The molecule has 3 nitrogen and oxygen atoms in total. The van der Waals surface area contributed by atoms with Gasteiger partial charge in [0.15, 0.2) is 0 Å². The first-order chi connectivity index (χ1) is 7.66. The van der Waals surface area contributed by atoms with Crippen LogP contribution in [0.1, 0.15) is 24.4 Å². The highest BCUT2D eigenvalue weighted by Gasteiger charge is 2.26. The molecule has 0 aliphatic carbocycles. The number of piperidine rings is 1. The van der Waals surface area contributed by atoms with Crippen LogP contribution in [0, 0.1) is 11.7 Å². The minimum Gasteiger partial charge on any atom is -0.481 e. The second-order valence-electron chi connectivity index (χ2n) is 4.13. The summed E-state index contributed by atoms with van der Waals surface area (Å²) in [4.78, 5) is 10.8. The third kappa shape index (κ3) is 2.39. The molecule has 1 heterocycles. The van der Waals surface area contributed by atoms with Crippen LogP contribution < -0.4 is 5.32 Å². The molecule has 1 fully saturated rings. The Balaban J connectivity index is 2.01. The van der Waals surface area contributed by atoms with Crippen LogP contribution in [-0.4, -0.2) is 17.6 Å². The van der Waals surface area contributed by atoms with Gasteiger partial charge in [0.25, 0.3) is 0 Å². The second kappa shape index (κ2) is 4.61. The Morgan fingerprint density at radius 1 is 1.44 bits per heavy atom. The Morgan fingerprint density at radius 2 is 2.25 bits per heavy atom. The van der Waals surface area contributed by atoms with Crippen molar-refractivity contribution in [3.63, 3.8) is 0 Å². The van der Waals surface area contributed by atoms with Crippen molar-refractivity contribution >= 4 is 5.97 Å². The first-order valence-corrected chi connectivity index (χ1v) is 5.38. The average Bonchev–Trinajstić information content (AvgIpc) is 2.29. The largest absolute Gasteiger partial charge is 0.481 e. The molecule has 2 rings (SSSR count). The van der Waals surface area contributed by atoms with Crippen LogP contribution in [0.2, 0.25) is 0 Å². The van der Waals surface area contributed by atoms with Crippen LogP contribution in [0.5, 0.6) is 0 Å². The van der Waals surface area contributed by atoms with E-state index in [2.05, 4.69) is 5.32 Å². The summed E-state index contributed by atoms with van der Waals surface area (Å²) >= 11 is 0. The quantitative estimate of drug-likeness (QED) is 0.805. The summed E-state index contributed by atoms with van der Waals surface area (Å²) in [5.41, 5.74) is 0.892. The molecule has 0 spiro atoms. The van der Waals surface area contributed by atoms with Gasteiger partial charge in [0, 0.05) is 12.6 Å². The molecule has 1 aliphatic heterocycles. The van der Waals surface area contributed by atoms with E-state index >= 15 is 0 Å². The van der Waals surface area contributed by atoms with E-state index in [1.807, 2.05) is 6.07 Å². The molecule has 1 aliphatic rings. The lowest BCUT2D eigenvalue weighted by molar-refractivity contribution is -0.142. The Morgan fingerprint density at radius 3 is 2.81 bits per heavy atom. The SMILES string of the molecule is O=C(O)C1CCC(c2cccc(F)c2)NC1. The summed E-state index contributed by atoms with van der Waals surface area (Å²) in [6.45, 7) is 0.455. The monoisotopic (exact) mass is 223 g/mol. The van der Waals surface area contributed by atoms with Crippen molar-refractivity contribution in [1.29, 1.82) is 0 Å². The summed E-state index contributed by atoms with van der Waals surface area (Å²) in [6, 6.07) is 6.52. The Hall–Kier alpha value is -1.42. The fraction of sp³-hybridized carbons (Fsp3) is 0.417. The number of carboxylic acid groups (broad SMARTS) is 1. The number of halogens is 1. The average molecular weight is 223 g/mol. The minimum atomic E-state index is -0.759. The highest BCUT2D eigenvalue weighted by atomic mass is 19.1. The highest BCUT2D eigenvalue weighted by molar-refractivity contribution is 5.70. The molecule has 86 valence electrons. The molecule has 0 aromatic heterocycles. The summed E-state index contributed by atoms with van der Waals surface area (Å²) in [5, 5.41) is 12.0. The van der Waals surface area contributed by atoms with Crippen molar-refractivity contribution in [2.45, 2.75) is 18.9 Å². The lowest BCUT2D eigenvalue weighted by Gasteiger charge is -2.27. The number of carbonyl (C=O) groups is 1. The third-order valence-corrected chi connectivity index (χ3v) is 3.01. The lowest BCUT2D eigenvalue weighted by atomic mass is 9.91. The Bertz CT molecular complexity index is 386. The van der Waals surface area contributed by atoms with Gasteiger partial charge in [-0.05, 0) is 30.5 Å². The van der Waals surface area contributed by atoms with Gasteiger partial charge in [0.2, 0.25) is 0 Å². The molecule has 16 heavy (non-hydrogen) atoms. The molecule has 0 bridgehead atoms. The summed E-state index contributed by atoms with van der Waals surface area (Å²) in [7, 11) is 0. The van der Waals surface area contributed by atoms with Crippen LogP contribution in [-0.2, 0) is 4.79 Å². The number of rotatable bonds is 2. The maximum absolute atomic E-state index is 13.0. The van der Waals surface area contributed by atoms with Crippen molar-refractivity contribution < 1.29 is 14.3 Å². The van der Waals surface area contributed by atoms with Crippen molar-refractivity contribution in [2.75, 3.05) is 6.54 Å². The van der Waals surface area contributed by atoms with Gasteiger partial charge in [-0.1, -0.05) is 12.1 Å². The van der Waals surface area contributed by atoms with Gasteiger partial charge in [-0.3, -0.25) is 4.79 Å². The normalized spacial score (nSPS) is 25.3. The predicted octanol–water partition coefficient (Wildman–Crippen LogP) is 1.95. The Kier molecular flexibility index (Phi) is 3.19. The molecule has 2 N–H and O–H groups in total. The molecule has 0 saturated carbocycles. The molecule has 2 unspecified atom stereocenters. The van der Waals surface area contributed by atoms with Crippen LogP contribution >= 0.6 is 0 Å². The molecule has 1 saturated heterocycles. The van der Waals surface area contributed by atoms with Gasteiger partial charge in [0.1, 0.15) is 5.82 Å². The highest BCUT2D eigenvalue weighted by Crippen LogP contribution is 2.26. The van der Waals surface area contributed by atoms with E-state index in [0.717, 1.165) is 12.0 Å². The van der Waals surface area contributed by atoms with E-state index in [4.69, 9.17) is 5.11 Å². The van der Waals surface area contributed by atoms with Gasteiger partial charge in [-0.25, -0.2) is 4.39 Å². The second-order valence-corrected chi connectivity index (χ2v) is 4.13. The standard InChI is InChI=1S/C12H14FNO2/c13-10-3-1-2-8(6-10)11-5-4-9(7-14-11)12(15)16/h1-3,6,9,11,14H,4-5,7H2,(H,15,16). The zero-order valence-corrected chi connectivity index (χ0v) is 8.82. The predicted molar refractivity (Wildman–Crippen MR) is 57.5 cm³/mol. The summed E-state index contributed by atoms with van der Waals surface area (Å²) in [5.74, 6) is -1.32. The van der Waals surface area contributed by atoms with E-state index in [1.165, 1.54) is 12.1 Å². The van der Waals surface area contributed by atoms with Crippen LogP contribution in [0.3, 0.4) is 0 Å². The van der Waals surface area contributed by atoms with Gasteiger partial charge >= 0.3 is 5.97 Å². The molecule has 4 heteroatoms. The molecular formula is C12H14FNO2. The van der Waals surface area contributed by atoms with Crippen molar-refractivity contribution in [1.82, 2.24) is 5.32 Å². The van der Waals surface area contributed by atoms with Gasteiger partial charge in [-0.2, -0.15) is 0 Å². The first kappa shape index (κ1) is 11.1. The number of hydrogen-bond acceptors (Lipinski definition) is 2. The smallest absolute Gasteiger partial charge is 0.307 e. The molecular weight excluding hydrogens is 209 g/mol. The number of carboxylic acids is 1. The number of nitrogens with one attached hydrogen (secondary N) is 1. The summed E-state index contributed by atoms with van der Waals surface area (Å²) < 4.78 is 13.0. The first-order valence-electron chi connectivity index (χ1n) is 5.38. The van der Waals surface area contributed by atoms with Crippen LogP contribution in [0.15, 0.2) is 24.3 Å². The van der Waals surface area contributed by atoms with E-state index < -0.39 is 5.97 Å². The number of benzene rings is 1.